The van der Waals surface area contributed by atoms with Gasteiger partial charge in [0.05, 0.1) is 30.7 Å². The number of amides is 1. The van der Waals surface area contributed by atoms with Crippen LogP contribution in [0.15, 0.2) is 89.7 Å². The number of aromatic nitrogens is 2. The Morgan fingerprint density at radius 1 is 0.969 bits per heavy atom. The van der Waals surface area contributed by atoms with Gasteiger partial charge in [-0.05, 0) is 60.2 Å². The predicted octanol–water partition coefficient (Wildman–Crippen LogP) is 3.80. The molecule has 0 bridgehead atoms. The molecular formula is C25H22N4O3. The molecule has 0 fully saturated rings. The van der Waals surface area contributed by atoms with Crippen molar-refractivity contribution in [3.05, 3.63) is 106 Å². The zero-order valence-electron chi connectivity index (χ0n) is 17.5. The molecule has 0 saturated carbocycles. The number of rotatable bonds is 6. The summed E-state index contributed by atoms with van der Waals surface area (Å²) in [5.74, 6) is 0.493. The lowest BCUT2D eigenvalue weighted by atomic mass is 10.1. The van der Waals surface area contributed by atoms with E-state index >= 15 is 0 Å². The van der Waals surface area contributed by atoms with E-state index in [9.17, 15) is 9.59 Å². The normalized spacial score (nSPS) is 10.5. The molecule has 0 aliphatic heterocycles. The number of nitrogens with two attached hydrogens (primary N) is 1. The van der Waals surface area contributed by atoms with Crippen LogP contribution in [-0.4, -0.2) is 22.8 Å². The van der Waals surface area contributed by atoms with E-state index in [2.05, 4.69) is 10.4 Å². The Morgan fingerprint density at radius 2 is 1.69 bits per heavy atom. The van der Waals surface area contributed by atoms with Crippen molar-refractivity contribution in [3.63, 3.8) is 0 Å². The molecule has 3 N–H and O–H groups in total. The molecular weight excluding hydrogens is 404 g/mol. The number of ether oxygens (including phenoxy) is 1. The molecule has 3 aromatic carbocycles. The van der Waals surface area contributed by atoms with E-state index in [1.807, 2.05) is 24.3 Å². The number of carbonyl (C=O) groups is 1. The summed E-state index contributed by atoms with van der Waals surface area (Å²) in [6.07, 6.45) is 0. The van der Waals surface area contributed by atoms with Gasteiger partial charge in [0, 0.05) is 17.2 Å². The number of methoxy groups -OCH3 is 1. The van der Waals surface area contributed by atoms with Crippen LogP contribution in [0.2, 0.25) is 0 Å². The molecule has 4 aromatic rings. The largest absolute Gasteiger partial charge is 0.497 e. The van der Waals surface area contributed by atoms with Crippen LogP contribution in [0.5, 0.6) is 5.75 Å². The third-order valence-electron chi connectivity index (χ3n) is 5.01. The number of hydrogen-bond acceptors (Lipinski definition) is 5. The van der Waals surface area contributed by atoms with Crippen LogP contribution in [0.4, 0.5) is 11.4 Å². The third-order valence-corrected chi connectivity index (χ3v) is 5.01. The SMILES string of the molecule is COc1ccc(-c2ccc(=O)n(Cc3ccc(C(=O)Nc4ccccc4N)cc3)n2)cc1. The van der Waals surface area contributed by atoms with Gasteiger partial charge in [-0.1, -0.05) is 24.3 Å². The van der Waals surface area contributed by atoms with Crippen molar-refractivity contribution < 1.29 is 9.53 Å². The molecule has 0 atom stereocenters. The first kappa shape index (κ1) is 20.9. The number of nitrogens with zero attached hydrogens (tertiary/aromatic N) is 2. The van der Waals surface area contributed by atoms with Gasteiger partial charge in [0.15, 0.2) is 0 Å². The molecule has 1 heterocycles. The van der Waals surface area contributed by atoms with Gasteiger partial charge in [-0.25, -0.2) is 4.68 Å². The van der Waals surface area contributed by atoms with E-state index in [1.165, 1.54) is 10.7 Å². The Hall–Kier alpha value is -4.39. The molecule has 7 heteroatoms. The van der Waals surface area contributed by atoms with Crippen molar-refractivity contribution in [2.24, 2.45) is 0 Å². The number of carbonyl (C=O) groups excluding carboxylic acids is 1. The maximum absolute atomic E-state index is 12.5. The summed E-state index contributed by atoms with van der Waals surface area (Å²) in [5.41, 5.74) is 9.64. The van der Waals surface area contributed by atoms with Crippen LogP contribution in [0.1, 0.15) is 15.9 Å². The Bertz CT molecular complexity index is 1300. The Balaban J connectivity index is 1.50. The Kier molecular flexibility index (Phi) is 5.98. The highest BCUT2D eigenvalue weighted by atomic mass is 16.5. The topological polar surface area (TPSA) is 99.2 Å². The second-order valence-corrected chi connectivity index (χ2v) is 7.18. The molecule has 0 radical (unpaired) electrons. The average Bonchev–Trinajstić information content (AvgIpc) is 2.82. The van der Waals surface area contributed by atoms with Crippen molar-refractivity contribution in [1.82, 2.24) is 9.78 Å². The van der Waals surface area contributed by atoms with Crippen LogP contribution >= 0.6 is 0 Å². The third kappa shape index (κ3) is 4.67. The van der Waals surface area contributed by atoms with Crippen molar-refractivity contribution in [1.29, 1.82) is 0 Å². The summed E-state index contributed by atoms with van der Waals surface area (Å²) >= 11 is 0. The van der Waals surface area contributed by atoms with Crippen molar-refractivity contribution in [2.45, 2.75) is 6.54 Å². The molecule has 1 amide bonds. The molecule has 160 valence electrons. The summed E-state index contributed by atoms with van der Waals surface area (Å²) in [4.78, 5) is 24.8. The molecule has 0 spiro atoms. The number of nitrogens with one attached hydrogen (secondary N) is 1. The fraction of sp³-hybridized carbons (Fsp3) is 0.0800. The van der Waals surface area contributed by atoms with E-state index in [-0.39, 0.29) is 18.0 Å². The molecule has 0 aliphatic rings. The van der Waals surface area contributed by atoms with Crippen LogP contribution in [0.3, 0.4) is 0 Å². The number of hydrogen-bond donors (Lipinski definition) is 2. The average molecular weight is 426 g/mol. The summed E-state index contributed by atoms with van der Waals surface area (Å²) in [6.45, 7) is 0.288. The predicted molar refractivity (Wildman–Crippen MR) is 125 cm³/mol. The molecule has 0 saturated heterocycles. The van der Waals surface area contributed by atoms with Gasteiger partial charge in [0.2, 0.25) is 0 Å². The summed E-state index contributed by atoms with van der Waals surface area (Å²) in [7, 11) is 1.61. The quantitative estimate of drug-likeness (QED) is 0.457. The second-order valence-electron chi connectivity index (χ2n) is 7.18. The van der Waals surface area contributed by atoms with Crippen LogP contribution in [0, 0.1) is 0 Å². The van der Waals surface area contributed by atoms with E-state index in [4.69, 9.17) is 10.5 Å². The minimum atomic E-state index is -0.258. The van der Waals surface area contributed by atoms with E-state index < -0.39 is 0 Å². The van der Waals surface area contributed by atoms with Crippen molar-refractivity contribution >= 4 is 17.3 Å². The highest BCUT2D eigenvalue weighted by Crippen LogP contribution is 2.20. The van der Waals surface area contributed by atoms with Crippen LogP contribution in [0.25, 0.3) is 11.3 Å². The van der Waals surface area contributed by atoms with E-state index in [1.54, 1.807) is 61.7 Å². The second kappa shape index (κ2) is 9.18. The first-order chi connectivity index (χ1) is 15.5. The molecule has 32 heavy (non-hydrogen) atoms. The van der Waals surface area contributed by atoms with E-state index in [0.29, 0.717) is 22.6 Å². The lowest BCUT2D eigenvalue weighted by molar-refractivity contribution is 0.102. The highest BCUT2D eigenvalue weighted by molar-refractivity contribution is 6.05. The number of anilines is 2. The fourth-order valence-corrected chi connectivity index (χ4v) is 3.22. The minimum Gasteiger partial charge on any atom is -0.497 e. The number of nitrogen functional groups attached to an aromatic ring is 1. The maximum atomic E-state index is 12.5. The van der Waals surface area contributed by atoms with Gasteiger partial charge in [0.1, 0.15) is 5.75 Å². The highest BCUT2D eigenvalue weighted by Gasteiger charge is 2.09. The van der Waals surface area contributed by atoms with Gasteiger partial charge >= 0.3 is 0 Å². The fourth-order valence-electron chi connectivity index (χ4n) is 3.22. The monoisotopic (exact) mass is 426 g/mol. The Labute approximate surface area is 185 Å². The standard InChI is InChI=1S/C25H22N4O3/c1-32-20-12-10-18(11-13-20)22-14-15-24(30)29(28-22)16-17-6-8-19(9-7-17)25(31)27-23-5-3-2-4-21(23)26/h2-15H,16,26H2,1H3,(H,27,31). The van der Waals surface area contributed by atoms with Crippen molar-refractivity contribution in [3.8, 4) is 17.0 Å². The van der Waals surface area contributed by atoms with Gasteiger partial charge in [-0.15, -0.1) is 0 Å². The van der Waals surface area contributed by atoms with Gasteiger partial charge in [-0.2, -0.15) is 5.10 Å². The van der Waals surface area contributed by atoms with Crippen molar-refractivity contribution in [2.75, 3.05) is 18.2 Å². The lowest BCUT2D eigenvalue weighted by Gasteiger charge is -2.10. The summed E-state index contributed by atoms with van der Waals surface area (Å²) in [6, 6.07) is 24.8. The van der Waals surface area contributed by atoms with Gasteiger partial charge in [-0.3, -0.25) is 9.59 Å². The number of benzene rings is 3. The molecule has 7 nitrogen and oxygen atoms in total. The van der Waals surface area contributed by atoms with E-state index in [0.717, 1.165) is 16.9 Å². The molecule has 4 rings (SSSR count). The van der Waals surface area contributed by atoms with Gasteiger partial charge < -0.3 is 15.8 Å². The summed E-state index contributed by atoms with van der Waals surface area (Å²) < 4.78 is 6.58. The number of para-hydroxylation sites is 2. The molecule has 0 aliphatic carbocycles. The van der Waals surface area contributed by atoms with Gasteiger partial charge in [0.25, 0.3) is 11.5 Å². The zero-order valence-corrected chi connectivity index (χ0v) is 17.5. The Morgan fingerprint density at radius 3 is 2.38 bits per heavy atom. The smallest absolute Gasteiger partial charge is 0.267 e. The zero-order chi connectivity index (χ0) is 22.5. The molecule has 1 aromatic heterocycles. The van der Waals surface area contributed by atoms with Crippen LogP contribution in [-0.2, 0) is 6.54 Å². The minimum absolute atomic E-state index is 0.205. The first-order valence-corrected chi connectivity index (χ1v) is 10.0. The lowest BCUT2D eigenvalue weighted by Crippen LogP contribution is -2.23. The molecule has 0 unspecified atom stereocenters. The van der Waals surface area contributed by atoms with Crippen LogP contribution < -0.4 is 21.3 Å². The first-order valence-electron chi connectivity index (χ1n) is 10.0. The summed E-state index contributed by atoms with van der Waals surface area (Å²) in [5, 5.41) is 7.28. The maximum Gasteiger partial charge on any atom is 0.267 e.